The van der Waals surface area contributed by atoms with Crippen LogP contribution in [0.15, 0.2) is 35.5 Å². The Labute approximate surface area is 125 Å². The predicted molar refractivity (Wildman–Crippen MR) is 82.0 cm³/mol. The lowest BCUT2D eigenvalue weighted by Gasteiger charge is -2.11. The average Bonchev–Trinajstić information content (AvgIpc) is 2.85. The number of hydrogen-bond donors (Lipinski definition) is 1. The first kappa shape index (κ1) is 15.5. The smallest absolute Gasteiger partial charge is 0.180 e. The number of rotatable bonds is 7. The van der Waals surface area contributed by atoms with Gasteiger partial charge in [-0.1, -0.05) is 19.1 Å². The summed E-state index contributed by atoms with van der Waals surface area (Å²) in [7, 11) is -1.41. The van der Waals surface area contributed by atoms with Crippen molar-refractivity contribution in [1.29, 1.82) is 0 Å². The summed E-state index contributed by atoms with van der Waals surface area (Å²) in [6.07, 6.45) is 2.90. The molecule has 21 heavy (non-hydrogen) atoms. The highest BCUT2D eigenvalue weighted by Crippen LogP contribution is 2.22. The SMILES string of the molecule is CCCS(=O)(=O)c1ccccc1NCCc1ncn(C)n1. The minimum absolute atomic E-state index is 0.160. The number of nitrogens with zero attached hydrogens (tertiary/aromatic N) is 3. The van der Waals surface area contributed by atoms with Gasteiger partial charge in [0.25, 0.3) is 0 Å². The molecule has 1 heterocycles. The normalized spacial score (nSPS) is 11.5. The van der Waals surface area contributed by atoms with E-state index in [2.05, 4.69) is 15.4 Å². The molecule has 0 amide bonds. The standard InChI is InChI=1S/C14H20N4O2S/c1-3-10-21(19,20)13-7-5-4-6-12(13)15-9-8-14-16-11-18(2)17-14/h4-7,11,15H,3,8-10H2,1-2H3. The van der Waals surface area contributed by atoms with Crippen molar-refractivity contribution in [2.45, 2.75) is 24.7 Å². The molecule has 0 saturated heterocycles. The van der Waals surface area contributed by atoms with E-state index in [-0.39, 0.29) is 5.75 Å². The Kier molecular flexibility index (Phi) is 4.95. The third-order valence-electron chi connectivity index (χ3n) is 3.01. The lowest BCUT2D eigenvalue weighted by molar-refractivity contribution is 0.595. The summed E-state index contributed by atoms with van der Waals surface area (Å²) in [6, 6.07) is 7.00. The first-order valence-corrected chi connectivity index (χ1v) is 8.58. The van der Waals surface area contributed by atoms with E-state index in [1.807, 2.05) is 20.0 Å². The second-order valence-corrected chi connectivity index (χ2v) is 6.90. The summed E-state index contributed by atoms with van der Waals surface area (Å²) >= 11 is 0. The summed E-state index contributed by atoms with van der Waals surface area (Å²) in [5.41, 5.74) is 0.641. The Bertz CT molecular complexity index is 695. The van der Waals surface area contributed by atoms with Crippen LogP contribution in [0.2, 0.25) is 0 Å². The molecule has 1 aromatic heterocycles. The number of aromatic nitrogens is 3. The van der Waals surface area contributed by atoms with E-state index in [4.69, 9.17) is 0 Å². The molecule has 6 nitrogen and oxygen atoms in total. The molecule has 114 valence electrons. The molecular formula is C14H20N4O2S. The second-order valence-electron chi connectivity index (χ2n) is 4.83. The van der Waals surface area contributed by atoms with Gasteiger partial charge in [-0.3, -0.25) is 4.68 Å². The van der Waals surface area contributed by atoms with Crippen molar-refractivity contribution in [2.24, 2.45) is 7.05 Å². The second kappa shape index (κ2) is 6.71. The van der Waals surface area contributed by atoms with Crippen LogP contribution < -0.4 is 5.32 Å². The Morgan fingerprint density at radius 1 is 1.29 bits per heavy atom. The molecule has 0 bridgehead atoms. The lowest BCUT2D eigenvalue weighted by Crippen LogP contribution is -2.12. The average molecular weight is 308 g/mol. The molecular weight excluding hydrogens is 288 g/mol. The van der Waals surface area contributed by atoms with Crippen LogP contribution in [0.3, 0.4) is 0 Å². The van der Waals surface area contributed by atoms with Crippen LogP contribution in [0.5, 0.6) is 0 Å². The molecule has 1 N–H and O–H groups in total. The van der Waals surface area contributed by atoms with Crippen LogP contribution in [0.1, 0.15) is 19.2 Å². The van der Waals surface area contributed by atoms with Gasteiger partial charge in [0.15, 0.2) is 15.7 Å². The molecule has 2 aromatic rings. The number of sulfone groups is 1. The third kappa shape index (κ3) is 4.04. The van der Waals surface area contributed by atoms with Gasteiger partial charge in [0.1, 0.15) is 6.33 Å². The van der Waals surface area contributed by atoms with Gasteiger partial charge in [-0.2, -0.15) is 5.10 Å². The first-order valence-electron chi connectivity index (χ1n) is 6.93. The van der Waals surface area contributed by atoms with Crippen molar-refractivity contribution in [3.05, 3.63) is 36.4 Å². The Morgan fingerprint density at radius 3 is 2.71 bits per heavy atom. The van der Waals surface area contributed by atoms with E-state index in [0.717, 1.165) is 5.82 Å². The van der Waals surface area contributed by atoms with Crippen LogP contribution in [0.25, 0.3) is 0 Å². The molecule has 0 aliphatic heterocycles. The summed E-state index contributed by atoms with van der Waals surface area (Å²) in [6.45, 7) is 2.45. The topological polar surface area (TPSA) is 76.9 Å². The van der Waals surface area contributed by atoms with Gasteiger partial charge in [-0.15, -0.1) is 0 Å². The molecule has 7 heteroatoms. The van der Waals surface area contributed by atoms with Crippen molar-refractivity contribution >= 4 is 15.5 Å². The van der Waals surface area contributed by atoms with E-state index in [0.29, 0.717) is 30.0 Å². The van der Waals surface area contributed by atoms with E-state index in [1.165, 1.54) is 0 Å². The predicted octanol–water partition coefficient (Wildman–Crippen LogP) is 1.65. The molecule has 0 spiro atoms. The van der Waals surface area contributed by atoms with Crippen molar-refractivity contribution in [3.8, 4) is 0 Å². The fourth-order valence-electron chi connectivity index (χ4n) is 2.07. The van der Waals surface area contributed by atoms with Crippen LogP contribution in [0, 0.1) is 0 Å². The Balaban J connectivity index is 2.06. The molecule has 0 aliphatic rings. The molecule has 0 saturated carbocycles. The maximum atomic E-state index is 12.2. The number of hydrogen-bond acceptors (Lipinski definition) is 5. The molecule has 1 aromatic carbocycles. The monoisotopic (exact) mass is 308 g/mol. The van der Waals surface area contributed by atoms with Gasteiger partial charge in [0.2, 0.25) is 0 Å². The van der Waals surface area contributed by atoms with E-state index < -0.39 is 9.84 Å². The molecule has 0 fully saturated rings. The highest BCUT2D eigenvalue weighted by Gasteiger charge is 2.17. The van der Waals surface area contributed by atoms with Crippen LogP contribution in [-0.4, -0.2) is 35.5 Å². The minimum atomic E-state index is -3.23. The van der Waals surface area contributed by atoms with Gasteiger partial charge in [-0.05, 0) is 18.6 Å². The number of anilines is 1. The minimum Gasteiger partial charge on any atom is -0.384 e. The zero-order valence-electron chi connectivity index (χ0n) is 12.3. The number of aryl methyl sites for hydroxylation is 1. The lowest BCUT2D eigenvalue weighted by atomic mass is 10.3. The highest BCUT2D eigenvalue weighted by molar-refractivity contribution is 7.91. The molecule has 0 unspecified atom stereocenters. The van der Waals surface area contributed by atoms with Gasteiger partial charge in [0.05, 0.1) is 16.3 Å². The maximum absolute atomic E-state index is 12.2. The van der Waals surface area contributed by atoms with Gasteiger partial charge < -0.3 is 5.32 Å². The number of benzene rings is 1. The van der Waals surface area contributed by atoms with E-state index in [1.54, 1.807) is 29.2 Å². The number of nitrogens with one attached hydrogen (secondary N) is 1. The van der Waals surface area contributed by atoms with Gasteiger partial charge >= 0.3 is 0 Å². The fraction of sp³-hybridized carbons (Fsp3) is 0.429. The zero-order valence-corrected chi connectivity index (χ0v) is 13.1. The molecule has 0 atom stereocenters. The Hall–Kier alpha value is -1.89. The van der Waals surface area contributed by atoms with Gasteiger partial charge in [0, 0.05) is 20.0 Å². The molecule has 0 aliphatic carbocycles. The first-order chi connectivity index (χ1) is 10.0. The number of para-hydroxylation sites is 1. The largest absolute Gasteiger partial charge is 0.384 e. The summed E-state index contributed by atoms with van der Waals surface area (Å²) in [5.74, 6) is 0.895. The fourth-order valence-corrected chi connectivity index (χ4v) is 3.59. The van der Waals surface area contributed by atoms with Crippen molar-refractivity contribution in [3.63, 3.8) is 0 Å². The van der Waals surface area contributed by atoms with Crippen LogP contribution in [-0.2, 0) is 23.3 Å². The van der Waals surface area contributed by atoms with Crippen molar-refractivity contribution < 1.29 is 8.42 Å². The Morgan fingerprint density at radius 2 is 2.05 bits per heavy atom. The molecule has 2 rings (SSSR count). The van der Waals surface area contributed by atoms with Crippen molar-refractivity contribution in [1.82, 2.24) is 14.8 Å². The quantitative estimate of drug-likeness (QED) is 0.841. The van der Waals surface area contributed by atoms with E-state index in [9.17, 15) is 8.42 Å². The van der Waals surface area contributed by atoms with Crippen molar-refractivity contribution in [2.75, 3.05) is 17.6 Å². The van der Waals surface area contributed by atoms with E-state index >= 15 is 0 Å². The highest BCUT2D eigenvalue weighted by atomic mass is 32.2. The zero-order chi connectivity index (χ0) is 15.3. The summed E-state index contributed by atoms with van der Waals surface area (Å²) in [5, 5.41) is 7.36. The van der Waals surface area contributed by atoms with Crippen LogP contribution >= 0.6 is 0 Å². The summed E-state index contributed by atoms with van der Waals surface area (Å²) in [4.78, 5) is 4.50. The van der Waals surface area contributed by atoms with Gasteiger partial charge in [-0.25, -0.2) is 13.4 Å². The third-order valence-corrected chi connectivity index (χ3v) is 4.98. The van der Waals surface area contributed by atoms with Crippen LogP contribution in [0.4, 0.5) is 5.69 Å². The molecule has 0 radical (unpaired) electrons. The maximum Gasteiger partial charge on any atom is 0.180 e. The summed E-state index contributed by atoms with van der Waals surface area (Å²) < 4.78 is 26.1.